The highest BCUT2D eigenvalue weighted by atomic mass is 16.4. The molecule has 14 heteroatoms. The molecule has 0 aliphatic carbocycles. The van der Waals surface area contributed by atoms with E-state index in [0.29, 0.717) is 24.6 Å². The molecule has 14 nitrogen and oxygen atoms in total. The number of hydrogen-bond donors (Lipinski definition) is 4. The van der Waals surface area contributed by atoms with Crippen LogP contribution in [0.4, 0.5) is 0 Å². The number of aliphatic carboxylic acids is 1. The highest BCUT2D eigenvalue weighted by Crippen LogP contribution is 2.24. The molecule has 0 saturated carbocycles. The van der Waals surface area contributed by atoms with Crippen molar-refractivity contribution in [2.24, 2.45) is 11.8 Å². The van der Waals surface area contributed by atoms with E-state index in [1.165, 1.54) is 51.4 Å². The Morgan fingerprint density at radius 1 is 0.681 bits per heavy atom. The van der Waals surface area contributed by atoms with E-state index in [0.717, 1.165) is 57.8 Å². The number of unbranched alkanes of at least 4 members (excludes halogenated alkanes) is 13. The van der Waals surface area contributed by atoms with E-state index in [-0.39, 0.29) is 48.6 Å². The minimum Gasteiger partial charge on any atom is -0.481 e. The van der Waals surface area contributed by atoms with Gasteiger partial charge in [-0.15, -0.1) is 20.4 Å². The van der Waals surface area contributed by atoms with Gasteiger partial charge >= 0.3 is 5.97 Å². The zero-order valence-corrected chi connectivity index (χ0v) is 28.6. The van der Waals surface area contributed by atoms with Gasteiger partial charge in [0.1, 0.15) is 11.6 Å². The number of nitrogens with one attached hydrogen (secondary N) is 3. The number of nitrogens with zero attached hydrogens (tertiary/aromatic N) is 6. The number of aromatic amines is 2. The van der Waals surface area contributed by atoms with Gasteiger partial charge in [0.05, 0.1) is 11.8 Å². The lowest BCUT2D eigenvalue weighted by Crippen LogP contribution is -2.26. The Morgan fingerprint density at radius 2 is 1.19 bits per heavy atom. The highest BCUT2D eigenvalue weighted by molar-refractivity contribution is 5.84. The molecule has 0 aromatic carbocycles. The van der Waals surface area contributed by atoms with E-state index < -0.39 is 11.9 Å². The number of carbonyl (C=O) groups is 4. The van der Waals surface area contributed by atoms with Crippen molar-refractivity contribution in [3.63, 3.8) is 0 Å². The fourth-order valence-electron chi connectivity index (χ4n) is 5.71. The number of ketones is 2. The molecule has 2 aromatic rings. The Balaban J connectivity index is 1.39. The van der Waals surface area contributed by atoms with Crippen molar-refractivity contribution in [1.82, 2.24) is 46.6 Å². The summed E-state index contributed by atoms with van der Waals surface area (Å²) in [7, 11) is 0. The van der Waals surface area contributed by atoms with Crippen molar-refractivity contribution in [2.45, 2.75) is 155 Å². The molecule has 0 bridgehead atoms. The number of amides is 1. The summed E-state index contributed by atoms with van der Waals surface area (Å²) in [6, 6.07) is 0. The second kappa shape index (κ2) is 24.6. The van der Waals surface area contributed by atoms with Gasteiger partial charge < -0.3 is 10.4 Å². The summed E-state index contributed by atoms with van der Waals surface area (Å²) in [5, 5.41) is 41.0. The topological polar surface area (TPSA) is 209 Å². The number of tetrazole rings is 2. The minimum atomic E-state index is -1.02. The van der Waals surface area contributed by atoms with Gasteiger partial charge in [-0.1, -0.05) is 101 Å². The molecule has 1 amide bonds. The molecule has 0 radical (unpaired) electrons. The Kier molecular flexibility index (Phi) is 20.7. The average Bonchev–Trinajstić information content (AvgIpc) is 3.78. The molecule has 0 saturated heterocycles. The standard InChI is InChI=1S/C33H57N9O5/c1-25(26(2)43)18-16-17-23-34-30(45)22-21-27(33(46)47)24-28(44)19-14-12-10-8-6-4-3-5-7-9-11-13-15-20-29(31-35-39-40-36-31)32-37-41-42-38-32/h25,27,29H,3-24H2,1-2H3,(H,34,45)(H,46,47)(H,35,36,39,40)(H,37,38,41,42)/t25-,27?/m0/s1. The van der Waals surface area contributed by atoms with Gasteiger partial charge in [0.15, 0.2) is 11.6 Å². The first kappa shape index (κ1) is 39.6. The summed E-state index contributed by atoms with van der Waals surface area (Å²) in [4.78, 5) is 47.4. The third-order valence-electron chi connectivity index (χ3n) is 8.92. The zero-order valence-electron chi connectivity index (χ0n) is 28.6. The minimum absolute atomic E-state index is 0.00735. The van der Waals surface area contributed by atoms with Crippen LogP contribution in [0.25, 0.3) is 0 Å². The monoisotopic (exact) mass is 659 g/mol. The normalized spacial score (nSPS) is 12.7. The average molecular weight is 660 g/mol. The van der Waals surface area contributed by atoms with Crippen LogP contribution in [-0.2, 0) is 19.2 Å². The lowest BCUT2D eigenvalue weighted by molar-refractivity contribution is -0.144. The molecule has 2 atom stereocenters. The number of carboxylic acid groups (broad SMARTS) is 1. The fourth-order valence-corrected chi connectivity index (χ4v) is 5.71. The Morgan fingerprint density at radius 3 is 1.68 bits per heavy atom. The van der Waals surface area contributed by atoms with Gasteiger partial charge in [-0.2, -0.15) is 10.4 Å². The van der Waals surface area contributed by atoms with Gasteiger partial charge in [-0.25, -0.2) is 0 Å². The number of hydrogen-bond acceptors (Lipinski definition) is 10. The smallest absolute Gasteiger partial charge is 0.306 e. The molecule has 2 rings (SSSR count). The number of rotatable bonds is 30. The third-order valence-corrected chi connectivity index (χ3v) is 8.92. The van der Waals surface area contributed by atoms with Gasteiger partial charge in [-0.05, 0) is 39.0 Å². The Hall–Kier alpha value is -3.58. The molecule has 0 fully saturated rings. The summed E-state index contributed by atoms with van der Waals surface area (Å²) in [6.45, 7) is 4.00. The fraction of sp³-hybridized carbons (Fsp3) is 0.818. The van der Waals surface area contributed by atoms with Gasteiger partial charge in [0.25, 0.3) is 0 Å². The maximum absolute atomic E-state index is 12.4. The van der Waals surface area contributed by atoms with Gasteiger partial charge in [-0.3, -0.25) is 19.2 Å². The van der Waals surface area contributed by atoms with Crippen LogP contribution in [0.15, 0.2) is 0 Å². The van der Waals surface area contributed by atoms with E-state index >= 15 is 0 Å². The van der Waals surface area contributed by atoms with Crippen molar-refractivity contribution in [3.8, 4) is 0 Å². The van der Waals surface area contributed by atoms with Crippen molar-refractivity contribution in [2.75, 3.05) is 6.54 Å². The van der Waals surface area contributed by atoms with E-state index in [1.54, 1.807) is 6.92 Å². The predicted molar refractivity (Wildman–Crippen MR) is 176 cm³/mol. The maximum atomic E-state index is 12.4. The molecule has 4 N–H and O–H groups in total. The molecule has 2 aromatic heterocycles. The second-order valence-corrected chi connectivity index (χ2v) is 12.9. The number of Topliss-reactive ketones (excluding diaryl/α,β-unsaturated/α-hetero) is 2. The van der Waals surface area contributed by atoms with E-state index in [9.17, 15) is 24.3 Å². The number of carboxylic acids is 1. The first-order valence-corrected chi connectivity index (χ1v) is 17.8. The first-order chi connectivity index (χ1) is 22.8. The zero-order chi connectivity index (χ0) is 34.1. The lowest BCUT2D eigenvalue weighted by Gasteiger charge is -2.12. The molecule has 0 aliphatic rings. The summed E-state index contributed by atoms with van der Waals surface area (Å²) in [6.07, 6.45) is 18.9. The maximum Gasteiger partial charge on any atom is 0.306 e. The van der Waals surface area contributed by atoms with Gasteiger partial charge in [0.2, 0.25) is 5.91 Å². The molecule has 264 valence electrons. The van der Waals surface area contributed by atoms with Crippen LogP contribution in [0.5, 0.6) is 0 Å². The third kappa shape index (κ3) is 18.4. The molecular weight excluding hydrogens is 602 g/mol. The quantitative estimate of drug-likeness (QED) is 0.0753. The summed E-state index contributed by atoms with van der Waals surface area (Å²) in [5.41, 5.74) is 0. The van der Waals surface area contributed by atoms with Crippen LogP contribution >= 0.6 is 0 Å². The number of carbonyl (C=O) groups excluding carboxylic acids is 3. The van der Waals surface area contributed by atoms with Crippen LogP contribution in [0.1, 0.15) is 166 Å². The molecule has 0 aliphatic heterocycles. The molecule has 1 unspecified atom stereocenters. The highest BCUT2D eigenvalue weighted by Gasteiger charge is 2.23. The number of H-pyrrole nitrogens is 2. The summed E-state index contributed by atoms with van der Waals surface area (Å²) >= 11 is 0. The summed E-state index contributed by atoms with van der Waals surface area (Å²) < 4.78 is 0. The van der Waals surface area contributed by atoms with Crippen LogP contribution in [0.3, 0.4) is 0 Å². The van der Waals surface area contributed by atoms with E-state index in [2.05, 4.69) is 46.6 Å². The van der Waals surface area contributed by atoms with Crippen molar-refractivity contribution in [3.05, 3.63) is 11.6 Å². The largest absolute Gasteiger partial charge is 0.481 e. The SMILES string of the molecule is CC(=O)[C@@H](C)CCCCNC(=O)CCC(CC(=O)CCCCCCCCCCCCCCCC(c1nn[nH]n1)c1nn[nH]n1)C(=O)O. The van der Waals surface area contributed by atoms with Crippen molar-refractivity contribution < 1.29 is 24.3 Å². The van der Waals surface area contributed by atoms with E-state index in [1.807, 2.05) is 6.92 Å². The van der Waals surface area contributed by atoms with Crippen LogP contribution in [0.2, 0.25) is 0 Å². The van der Waals surface area contributed by atoms with Crippen molar-refractivity contribution >= 4 is 23.4 Å². The molecular formula is C33H57N9O5. The Bertz CT molecular complexity index is 1090. The van der Waals surface area contributed by atoms with Crippen molar-refractivity contribution in [1.29, 1.82) is 0 Å². The Labute approximate surface area is 278 Å². The molecule has 2 heterocycles. The van der Waals surface area contributed by atoms with Crippen LogP contribution in [-0.4, -0.2) is 76.3 Å². The van der Waals surface area contributed by atoms with E-state index in [4.69, 9.17) is 0 Å². The summed E-state index contributed by atoms with van der Waals surface area (Å²) in [5.74, 6) is -0.744. The number of aromatic nitrogens is 8. The first-order valence-electron chi connectivity index (χ1n) is 17.8. The van der Waals surface area contributed by atoms with Crippen LogP contribution < -0.4 is 5.32 Å². The lowest BCUT2D eigenvalue weighted by atomic mass is 9.94. The van der Waals surface area contributed by atoms with Crippen LogP contribution in [0, 0.1) is 11.8 Å². The molecule has 0 spiro atoms. The predicted octanol–water partition coefficient (Wildman–Crippen LogP) is 5.65. The second-order valence-electron chi connectivity index (χ2n) is 12.9. The van der Waals surface area contributed by atoms with Gasteiger partial charge in [0, 0.05) is 31.7 Å². The molecule has 47 heavy (non-hydrogen) atoms.